The van der Waals surface area contributed by atoms with Crippen molar-refractivity contribution in [1.82, 2.24) is 5.09 Å². The number of aliphatic carboxylic acids is 1. The van der Waals surface area contributed by atoms with E-state index >= 15 is 0 Å². The number of benzene rings is 3. The Morgan fingerprint density at radius 3 is 1.90 bits per heavy atom. The first-order chi connectivity index (χ1) is 14.9. The van der Waals surface area contributed by atoms with E-state index in [9.17, 15) is 9.36 Å². The van der Waals surface area contributed by atoms with E-state index in [-0.39, 0.29) is 26.2 Å². The molecule has 0 heterocycles. The fraction of sp³-hybridized carbons (Fsp3) is 0.208. The van der Waals surface area contributed by atoms with Gasteiger partial charge in [0.1, 0.15) is 0 Å². The zero-order valence-corrected chi connectivity index (χ0v) is 18.3. The van der Waals surface area contributed by atoms with E-state index in [4.69, 9.17) is 14.2 Å². The lowest BCUT2D eigenvalue weighted by atomic mass is 10.0. The number of nitrogens with one attached hydrogen (secondary N) is 1. The van der Waals surface area contributed by atoms with Crippen LogP contribution < -0.4 is 5.09 Å². The first kappa shape index (κ1) is 22.9. The predicted octanol–water partition coefficient (Wildman–Crippen LogP) is 5.25. The highest BCUT2D eigenvalue weighted by molar-refractivity contribution is 7.51. The van der Waals surface area contributed by atoms with Crippen LogP contribution in [0, 0.1) is 6.92 Å². The Morgan fingerprint density at radius 2 is 1.42 bits per heavy atom. The SMILES string of the molecule is Cc1cc(CNP(=O)(OCc2ccccc2)OCc2ccccc2)ccc1CC(=O)O. The summed E-state index contributed by atoms with van der Waals surface area (Å²) in [6, 6.07) is 24.4. The summed E-state index contributed by atoms with van der Waals surface area (Å²) in [6.07, 6.45) is -0.0294. The smallest absolute Gasteiger partial charge is 0.406 e. The lowest BCUT2D eigenvalue weighted by molar-refractivity contribution is -0.136. The molecule has 0 spiro atoms. The summed E-state index contributed by atoms with van der Waals surface area (Å²) in [5.41, 5.74) is 4.26. The van der Waals surface area contributed by atoms with Crippen LogP contribution in [0.15, 0.2) is 78.9 Å². The van der Waals surface area contributed by atoms with Crippen molar-refractivity contribution in [3.8, 4) is 0 Å². The van der Waals surface area contributed by atoms with Gasteiger partial charge in [0, 0.05) is 6.54 Å². The highest BCUT2D eigenvalue weighted by Crippen LogP contribution is 2.45. The van der Waals surface area contributed by atoms with Gasteiger partial charge in [0.15, 0.2) is 0 Å². The topological polar surface area (TPSA) is 84.9 Å². The summed E-state index contributed by atoms with van der Waals surface area (Å²) in [5.74, 6) is -0.873. The molecule has 0 aliphatic heterocycles. The first-order valence-corrected chi connectivity index (χ1v) is 11.5. The Morgan fingerprint density at radius 1 is 0.871 bits per heavy atom. The minimum Gasteiger partial charge on any atom is -0.481 e. The van der Waals surface area contributed by atoms with Crippen LogP contribution in [0.2, 0.25) is 0 Å². The Kier molecular flexibility index (Phi) is 8.15. The lowest BCUT2D eigenvalue weighted by Crippen LogP contribution is -2.15. The molecule has 0 aromatic heterocycles. The van der Waals surface area contributed by atoms with Gasteiger partial charge in [-0.25, -0.2) is 9.65 Å². The molecular formula is C24H26NO5P. The van der Waals surface area contributed by atoms with E-state index in [1.165, 1.54) is 0 Å². The van der Waals surface area contributed by atoms with Crippen LogP contribution in [0.3, 0.4) is 0 Å². The molecule has 0 amide bonds. The molecule has 162 valence electrons. The molecule has 0 bridgehead atoms. The second-order valence-corrected chi connectivity index (χ2v) is 9.01. The van der Waals surface area contributed by atoms with Crippen LogP contribution in [-0.4, -0.2) is 11.1 Å². The van der Waals surface area contributed by atoms with Crippen LogP contribution in [0.4, 0.5) is 0 Å². The molecule has 7 heteroatoms. The third-order valence-electron chi connectivity index (χ3n) is 4.71. The summed E-state index contributed by atoms with van der Waals surface area (Å²) < 4.78 is 24.8. The van der Waals surface area contributed by atoms with Crippen LogP contribution >= 0.6 is 7.75 Å². The Labute approximate surface area is 182 Å². The molecule has 3 rings (SSSR count). The molecule has 0 saturated heterocycles. The van der Waals surface area contributed by atoms with Gasteiger partial charge in [0.2, 0.25) is 0 Å². The van der Waals surface area contributed by atoms with Gasteiger partial charge in [-0.1, -0.05) is 78.9 Å². The molecule has 3 aromatic rings. The molecule has 3 aromatic carbocycles. The van der Waals surface area contributed by atoms with Gasteiger partial charge in [-0.05, 0) is 34.7 Å². The van der Waals surface area contributed by atoms with Gasteiger partial charge in [-0.3, -0.25) is 13.8 Å². The minimum atomic E-state index is -3.61. The van der Waals surface area contributed by atoms with Gasteiger partial charge < -0.3 is 5.11 Å². The van der Waals surface area contributed by atoms with E-state index in [0.29, 0.717) is 0 Å². The second kappa shape index (κ2) is 11.0. The van der Waals surface area contributed by atoms with Gasteiger partial charge >= 0.3 is 13.7 Å². The molecule has 6 nitrogen and oxygen atoms in total. The molecule has 0 aliphatic carbocycles. The zero-order chi connectivity index (χ0) is 22.1. The third kappa shape index (κ3) is 7.46. The fourth-order valence-electron chi connectivity index (χ4n) is 3.01. The van der Waals surface area contributed by atoms with Crippen LogP contribution in [0.5, 0.6) is 0 Å². The molecule has 0 radical (unpaired) electrons. The van der Waals surface area contributed by atoms with Crippen molar-refractivity contribution in [3.63, 3.8) is 0 Å². The monoisotopic (exact) mass is 439 g/mol. The minimum absolute atomic E-state index is 0.0294. The highest BCUT2D eigenvalue weighted by Gasteiger charge is 2.25. The van der Waals surface area contributed by atoms with E-state index < -0.39 is 13.7 Å². The molecule has 0 saturated carbocycles. The van der Waals surface area contributed by atoms with E-state index in [1.54, 1.807) is 6.07 Å². The Hall–Kier alpha value is -2.76. The highest BCUT2D eigenvalue weighted by atomic mass is 31.2. The lowest BCUT2D eigenvalue weighted by Gasteiger charge is -2.20. The first-order valence-electron chi connectivity index (χ1n) is 9.96. The van der Waals surface area contributed by atoms with Crippen molar-refractivity contribution >= 4 is 13.7 Å². The molecule has 31 heavy (non-hydrogen) atoms. The van der Waals surface area contributed by atoms with Crippen molar-refractivity contribution in [1.29, 1.82) is 0 Å². The summed E-state index contributed by atoms with van der Waals surface area (Å²) in [6.45, 7) is 2.42. The maximum absolute atomic E-state index is 13.4. The van der Waals surface area contributed by atoms with E-state index in [0.717, 1.165) is 27.8 Å². The van der Waals surface area contributed by atoms with Gasteiger partial charge in [0.05, 0.1) is 19.6 Å². The van der Waals surface area contributed by atoms with Crippen molar-refractivity contribution in [2.75, 3.05) is 0 Å². The standard InChI is InChI=1S/C24H26NO5P/c1-19-14-22(12-13-23(19)15-24(26)27)16-25-31(28,29-17-20-8-4-2-5-9-20)30-18-21-10-6-3-7-11-21/h2-14H,15-18H2,1H3,(H,25,28)(H,26,27). The number of hydrogen-bond acceptors (Lipinski definition) is 4. The number of carbonyl (C=O) groups is 1. The van der Waals surface area contributed by atoms with Crippen molar-refractivity contribution < 1.29 is 23.5 Å². The maximum Gasteiger partial charge on any atom is 0.406 e. The molecule has 0 aliphatic rings. The Bertz CT molecular complexity index is 993. The van der Waals surface area contributed by atoms with Crippen molar-refractivity contribution in [3.05, 3.63) is 107 Å². The average molecular weight is 439 g/mol. The van der Waals surface area contributed by atoms with E-state index in [2.05, 4.69) is 5.09 Å². The number of carboxylic acids is 1. The summed E-state index contributed by atoms with van der Waals surface area (Å²) in [4.78, 5) is 11.0. The number of carboxylic acid groups (broad SMARTS) is 1. The summed E-state index contributed by atoms with van der Waals surface area (Å²) in [7, 11) is -3.61. The van der Waals surface area contributed by atoms with E-state index in [1.807, 2.05) is 79.7 Å². The number of aryl methyl sites for hydroxylation is 1. The van der Waals surface area contributed by atoms with Crippen LogP contribution in [0.25, 0.3) is 0 Å². The maximum atomic E-state index is 13.4. The summed E-state index contributed by atoms with van der Waals surface area (Å²) >= 11 is 0. The Balaban J connectivity index is 1.68. The number of rotatable bonds is 11. The number of hydrogen-bond donors (Lipinski definition) is 2. The largest absolute Gasteiger partial charge is 0.481 e. The molecular weight excluding hydrogens is 413 g/mol. The summed E-state index contributed by atoms with van der Waals surface area (Å²) in [5, 5.41) is 11.9. The van der Waals surface area contributed by atoms with Crippen molar-refractivity contribution in [2.45, 2.75) is 33.1 Å². The second-order valence-electron chi connectivity index (χ2n) is 7.18. The van der Waals surface area contributed by atoms with Gasteiger partial charge in [-0.15, -0.1) is 0 Å². The fourth-order valence-corrected chi connectivity index (χ4v) is 4.28. The third-order valence-corrected chi connectivity index (χ3v) is 6.20. The molecule has 0 atom stereocenters. The average Bonchev–Trinajstić information content (AvgIpc) is 2.78. The van der Waals surface area contributed by atoms with Crippen LogP contribution in [0.1, 0.15) is 27.8 Å². The molecule has 2 N–H and O–H groups in total. The van der Waals surface area contributed by atoms with Gasteiger partial charge in [-0.2, -0.15) is 0 Å². The van der Waals surface area contributed by atoms with Crippen molar-refractivity contribution in [2.24, 2.45) is 0 Å². The predicted molar refractivity (Wildman–Crippen MR) is 119 cm³/mol. The quantitative estimate of drug-likeness (QED) is 0.397. The molecule has 0 unspecified atom stereocenters. The normalized spacial score (nSPS) is 11.4. The molecule has 0 fully saturated rings. The zero-order valence-electron chi connectivity index (χ0n) is 17.4. The van der Waals surface area contributed by atoms with Crippen LogP contribution in [-0.2, 0) is 44.6 Å². The van der Waals surface area contributed by atoms with Gasteiger partial charge in [0.25, 0.3) is 0 Å².